The van der Waals surface area contributed by atoms with Gasteiger partial charge in [0.05, 0.1) is 12.0 Å². The third-order valence-corrected chi connectivity index (χ3v) is 5.00. The molecule has 0 saturated carbocycles. The SMILES string of the molecule is COCC(=O)N[C@H]1CN(CCN2CCCC2=O)C[C@@H]1c1ccc(C)o1. The number of rotatable bonds is 7. The van der Waals surface area contributed by atoms with Crippen molar-refractivity contribution >= 4 is 11.8 Å². The molecular weight excluding hydrogens is 322 g/mol. The van der Waals surface area contributed by atoms with E-state index in [1.165, 1.54) is 7.11 Å². The van der Waals surface area contributed by atoms with Crippen molar-refractivity contribution in [3.63, 3.8) is 0 Å². The molecule has 1 aromatic heterocycles. The second kappa shape index (κ2) is 8.01. The van der Waals surface area contributed by atoms with Crippen molar-refractivity contribution in [3.05, 3.63) is 23.7 Å². The third kappa shape index (κ3) is 4.41. The molecule has 3 rings (SSSR count). The highest BCUT2D eigenvalue weighted by Gasteiger charge is 2.37. The van der Waals surface area contributed by atoms with E-state index in [0.29, 0.717) is 6.42 Å². The summed E-state index contributed by atoms with van der Waals surface area (Å²) < 4.78 is 10.7. The molecule has 7 nitrogen and oxygen atoms in total. The van der Waals surface area contributed by atoms with E-state index < -0.39 is 0 Å². The van der Waals surface area contributed by atoms with E-state index in [2.05, 4.69) is 10.2 Å². The maximum atomic E-state index is 12.0. The van der Waals surface area contributed by atoms with E-state index in [9.17, 15) is 9.59 Å². The van der Waals surface area contributed by atoms with Crippen molar-refractivity contribution in [2.45, 2.75) is 31.7 Å². The molecule has 2 saturated heterocycles. The Morgan fingerprint density at radius 1 is 1.36 bits per heavy atom. The zero-order valence-corrected chi connectivity index (χ0v) is 15.0. The number of aryl methyl sites for hydroxylation is 1. The van der Waals surface area contributed by atoms with E-state index in [0.717, 1.165) is 50.7 Å². The van der Waals surface area contributed by atoms with E-state index in [1.54, 1.807) is 0 Å². The smallest absolute Gasteiger partial charge is 0.246 e. The fourth-order valence-corrected chi connectivity index (χ4v) is 3.74. The number of carbonyl (C=O) groups is 2. The van der Waals surface area contributed by atoms with Gasteiger partial charge in [-0.1, -0.05) is 0 Å². The predicted octanol–water partition coefficient (Wildman–Crippen LogP) is 0.741. The van der Waals surface area contributed by atoms with Gasteiger partial charge in [-0.3, -0.25) is 14.5 Å². The van der Waals surface area contributed by atoms with E-state index >= 15 is 0 Å². The third-order valence-electron chi connectivity index (χ3n) is 5.00. The predicted molar refractivity (Wildman–Crippen MR) is 92.2 cm³/mol. The summed E-state index contributed by atoms with van der Waals surface area (Å²) in [7, 11) is 1.51. The van der Waals surface area contributed by atoms with E-state index in [4.69, 9.17) is 9.15 Å². The van der Waals surface area contributed by atoms with Crippen LogP contribution in [0.5, 0.6) is 0 Å². The monoisotopic (exact) mass is 349 g/mol. The number of hydrogen-bond donors (Lipinski definition) is 1. The van der Waals surface area contributed by atoms with Crippen LogP contribution in [-0.2, 0) is 14.3 Å². The van der Waals surface area contributed by atoms with E-state index in [-0.39, 0.29) is 30.4 Å². The molecule has 0 aliphatic carbocycles. The molecule has 3 heterocycles. The summed E-state index contributed by atoms with van der Waals surface area (Å²) in [5.74, 6) is 2.03. The molecule has 0 spiro atoms. The Bertz CT molecular complexity index is 615. The number of nitrogens with zero attached hydrogens (tertiary/aromatic N) is 2. The standard InChI is InChI=1S/C18H27N3O4/c1-13-5-6-16(25-13)14-10-20(8-9-21-7-3-4-18(21)23)11-15(14)19-17(22)12-24-2/h5-6,14-15H,3-4,7-12H2,1-2H3,(H,19,22)/t14-,15-/m0/s1. The fraction of sp³-hybridized carbons (Fsp3) is 0.667. The highest BCUT2D eigenvalue weighted by Crippen LogP contribution is 2.29. The maximum Gasteiger partial charge on any atom is 0.246 e. The molecular formula is C18H27N3O4. The van der Waals surface area contributed by atoms with E-state index in [1.807, 2.05) is 24.0 Å². The number of nitrogens with one attached hydrogen (secondary N) is 1. The summed E-state index contributed by atoms with van der Waals surface area (Å²) >= 11 is 0. The molecule has 2 atom stereocenters. The van der Waals surface area contributed by atoms with Crippen molar-refractivity contribution in [2.75, 3.05) is 46.4 Å². The summed E-state index contributed by atoms with van der Waals surface area (Å²) in [4.78, 5) is 28.0. The van der Waals surface area contributed by atoms with Crippen LogP contribution in [0, 0.1) is 6.92 Å². The normalized spacial score (nSPS) is 24.2. The van der Waals surface area contributed by atoms with Gasteiger partial charge in [-0.05, 0) is 25.5 Å². The first-order valence-corrected chi connectivity index (χ1v) is 8.91. The van der Waals surface area contributed by atoms with Gasteiger partial charge in [0.15, 0.2) is 0 Å². The summed E-state index contributed by atoms with van der Waals surface area (Å²) in [6.07, 6.45) is 1.63. The molecule has 1 aromatic rings. The van der Waals surface area contributed by atoms with Crippen LogP contribution in [-0.4, -0.2) is 74.1 Å². The van der Waals surface area contributed by atoms with Crippen molar-refractivity contribution in [1.82, 2.24) is 15.1 Å². The average molecular weight is 349 g/mol. The quantitative estimate of drug-likeness (QED) is 0.786. The molecule has 25 heavy (non-hydrogen) atoms. The van der Waals surface area contributed by atoms with Crippen LogP contribution in [0.3, 0.4) is 0 Å². The first-order chi connectivity index (χ1) is 12.1. The molecule has 2 aliphatic heterocycles. The highest BCUT2D eigenvalue weighted by molar-refractivity contribution is 5.78. The Hall–Kier alpha value is -1.86. The van der Waals surface area contributed by atoms with Crippen LogP contribution < -0.4 is 5.32 Å². The summed E-state index contributed by atoms with van der Waals surface area (Å²) in [6.45, 7) is 5.98. The lowest BCUT2D eigenvalue weighted by atomic mass is 10.0. The number of furan rings is 1. The van der Waals surface area contributed by atoms with Crippen LogP contribution in [0.2, 0.25) is 0 Å². The number of ether oxygens (including phenoxy) is 1. The molecule has 0 radical (unpaired) electrons. The van der Waals surface area contributed by atoms with Crippen LogP contribution >= 0.6 is 0 Å². The number of likely N-dealkylation sites (tertiary alicyclic amines) is 2. The zero-order chi connectivity index (χ0) is 17.8. The molecule has 2 fully saturated rings. The number of methoxy groups -OCH3 is 1. The minimum absolute atomic E-state index is 0.0116. The highest BCUT2D eigenvalue weighted by atomic mass is 16.5. The minimum atomic E-state index is -0.114. The number of hydrogen-bond acceptors (Lipinski definition) is 5. The van der Waals surface area contributed by atoms with Gasteiger partial charge in [0.25, 0.3) is 0 Å². The first kappa shape index (κ1) is 17.9. The number of amides is 2. The van der Waals surface area contributed by atoms with Crippen LogP contribution in [0.4, 0.5) is 0 Å². The molecule has 0 aromatic carbocycles. The molecule has 1 N–H and O–H groups in total. The Balaban J connectivity index is 1.62. The summed E-state index contributed by atoms with van der Waals surface area (Å²) in [6, 6.07) is 3.93. The lowest BCUT2D eigenvalue weighted by Crippen LogP contribution is -2.42. The van der Waals surface area contributed by atoms with Gasteiger partial charge in [0.1, 0.15) is 18.1 Å². The lowest BCUT2D eigenvalue weighted by Gasteiger charge is -2.21. The summed E-state index contributed by atoms with van der Waals surface area (Å²) in [5, 5.41) is 3.06. The Morgan fingerprint density at radius 3 is 2.84 bits per heavy atom. The van der Waals surface area contributed by atoms with Gasteiger partial charge in [0.2, 0.25) is 11.8 Å². The second-order valence-corrected chi connectivity index (χ2v) is 6.91. The van der Waals surface area contributed by atoms with Gasteiger partial charge in [-0.25, -0.2) is 0 Å². The lowest BCUT2D eigenvalue weighted by molar-refractivity contribution is -0.128. The zero-order valence-electron chi connectivity index (χ0n) is 15.0. The van der Waals surface area contributed by atoms with Crippen LogP contribution in [0.1, 0.15) is 30.3 Å². The summed E-state index contributed by atoms with van der Waals surface area (Å²) in [5.41, 5.74) is 0. The Morgan fingerprint density at radius 2 is 2.20 bits per heavy atom. The van der Waals surface area contributed by atoms with Crippen molar-refractivity contribution < 1.29 is 18.7 Å². The van der Waals surface area contributed by atoms with Gasteiger partial charge >= 0.3 is 0 Å². The molecule has 0 unspecified atom stereocenters. The molecule has 0 bridgehead atoms. The van der Waals surface area contributed by atoms with Gasteiger partial charge in [0, 0.05) is 46.3 Å². The topological polar surface area (TPSA) is 75.0 Å². The van der Waals surface area contributed by atoms with Gasteiger partial charge in [-0.2, -0.15) is 0 Å². The second-order valence-electron chi connectivity index (χ2n) is 6.91. The molecule has 7 heteroatoms. The Kier molecular flexibility index (Phi) is 5.75. The van der Waals surface area contributed by atoms with Crippen molar-refractivity contribution in [1.29, 1.82) is 0 Å². The van der Waals surface area contributed by atoms with Crippen LogP contribution in [0.25, 0.3) is 0 Å². The fourth-order valence-electron chi connectivity index (χ4n) is 3.74. The first-order valence-electron chi connectivity index (χ1n) is 8.91. The van der Waals surface area contributed by atoms with Gasteiger partial charge in [-0.15, -0.1) is 0 Å². The maximum absolute atomic E-state index is 12.0. The molecule has 2 amide bonds. The van der Waals surface area contributed by atoms with Crippen LogP contribution in [0.15, 0.2) is 16.5 Å². The average Bonchev–Trinajstić information content (AvgIpc) is 3.26. The Labute approximate surface area is 148 Å². The molecule has 2 aliphatic rings. The van der Waals surface area contributed by atoms with Crippen molar-refractivity contribution in [2.24, 2.45) is 0 Å². The largest absolute Gasteiger partial charge is 0.466 e. The van der Waals surface area contributed by atoms with Crippen molar-refractivity contribution in [3.8, 4) is 0 Å². The number of carbonyl (C=O) groups excluding carboxylic acids is 2. The minimum Gasteiger partial charge on any atom is -0.466 e. The van der Waals surface area contributed by atoms with Gasteiger partial charge < -0.3 is 19.4 Å². The molecule has 138 valence electrons.